The van der Waals surface area contributed by atoms with Crippen molar-refractivity contribution in [2.24, 2.45) is 17.3 Å². The van der Waals surface area contributed by atoms with E-state index in [2.05, 4.69) is 25.9 Å². The van der Waals surface area contributed by atoms with Crippen LogP contribution in [0.2, 0.25) is 5.02 Å². The van der Waals surface area contributed by atoms with E-state index in [9.17, 15) is 9.59 Å². The Morgan fingerprint density at radius 1 is 1.14 bits per heavy atom. The van der Waals surface area contributed by atoms with Gasteiger partial charge in [0.25, 0.3) is 0 Å². The van der Waals surface area contributed by atoms with Gasteiger partial charge in [-0.25, -0.2) is 0 Å². The zero-order valence-corrected chi connectivity index (χ0v) is 23.0. The van der Waals surface area contributed by atoms with Gasteiger partial charge in [0.2, 0.25) is 5.91 Å². The molecule has 1 aromatic heterocycles. The Kier molecular flexibility index (Phi) is 6.82. The molecule has 194 valence electrons. The number of nitrogens with zero attached hydrogens (tertiary/aromatic N) is 2. The summed E-state index contributed by atoms with van der Waals surface area (Å²) >= 11 is 6.46. The fourth-order valence-corrected chi connectivity index (χ4v) is 6.73. The first-order valence-electron chi connectivity index (χ1n) is 13.5. The van der Waals surface area contributed by atoms with Gasteiger partial charge in [-0.2, -0.15) is 0 Å². The second-order valence-corrected chi connectivity index (χ2v) is 13.2. The van der Waals surface area contributed by atoms with Crippen molar-refractivity contribution in [3.05, 3.63) is 51.4 Å². The molecule has 0 bridgehead atoms. The highest BCUT2D eigenvalue weighted by atomic mass is 35.5. The molecule has 36 heavy (non-hydrogen) atoms. The highest BCUT2D eigenvalue weighted by Crippen LogP contribution is 2.54. The summed E-state index contributed by atoms with van der Waals surface area (Å²) in [4.78, 5) is 27.8. The molecule has 0 N–H and O–H groups in total. The maximum absolute atomic E-state index is 13.6. The van der Waals surface area contributed by atoms with Gasteiger partial charge < -0.3 is 9.42 Å². The lowest BCUT2D eigenvalue weighted by Gasteiger charge is -2.38. The summed E-state index contributed by atoms with van der Waals surface area (Å²) in [6, 6.07) is 5.83. The molecule has 0 spiro atoms. The predicted octanol–water partition coefficient (Wildman–Crippen LogP) is 6.82. The summed E-state index contributed by atoms with van der Waals surface area (Å²) in [6.45, 7) is 11.5. The molecule has 3 fully saturated rings. The van der Waals surface area contributed by atoms with E-state index in [1.54, 1.807) is 11.8 Å². The molecule has 1 amide bonds. The lowest BCUT2D eigenvalue weighted by Crippen LogP contribution is -2.28. The van der Waals surface area contributed by atoms with Crippen LogP contribution < -0.4 is 0 Å². The SMILES string of the molecule is CC(=O)N1C[C@H](C(=O)Cc2ccc(C)cc2Cl)[C@@H](c2noc(C3CC(CC(C)(C)C)C3)c2C2CC2)C1. The van der Waals surface area contributed by atoms with E-state index in [0.29, 0.717) is 35.4 Å². The molecule has 0 unspecified atom stereocenters. The number of halogens is 1. The summed E-state index contributed by atoms with van der Waals surface area (Å²) in [5, 5.41) is 5.26. The van der Waals surface area contributed by atoms with Crippen molar-refractivity contribution in [2.75, 3.05) is 13.1 Å². The van der Waals surface area contributed by atoms with E-state index in [1.807, 2.05) is 25.1 Å². The Morgan fingerprint density at radius 3 is 2.47 bits per heavy atom. The van der Waals surface area contributed by atoms with E-state index in [4.69, 9.17) is 16.1 Å². The Balaban J connectivity index is 1.39. The topological polar surface area (TPSA) is 63.4 Å². The molecule has 0 radical (unpaired) electrons. The molecule has 5 nitrogen and oxygen atoms in total. The third-order valence-electron chi connectivity index (χ3n) is 8.38. The van der Waals surface area contributed by atoms with Crippen molar-refractivity contribution in [3.8, 4) is 0 Å². The van der Waals surface area contributed by atoms with Crippen LogP contribution in [-0.4, -0.2) is 34.8 Å². The Morgan fingerprint density at radius 2 is 1.86 bits per heavy atom. The summed E-state index contributed by atoms with van der Waals surface area (Å²) in [6.07, 6.45) is 6.12. The van der Waals surface area contributed by atoms with E-state index in [-0.39, 0.29) is 29.9 Å². The minimum Gasteiger partial charge on any atom is -0.361 e. The predicted molar refractivity (Wildman–Crippen MR) is 141 cm³/mol. The van der Waals surface area contributed by atoms with Gasteiger partial charge >= 0.3 is 0 Å². The summed E-state index contributed by atoms with van der Waals surface area (Å²) in [5.74, 6) is 2.42. The average Bonchev–Trinajstić information content (AvgIpc) is 3.34. The number of likely N-dealkylation sites (tertiary alicyclic amines) is 1. The molecule has 1 aliphatic heterocycles. The van der Waals surface area contributed by atoms with Gasteiger partial charge in [0.1, 0.15) is 11.5 Å². The number of hydrogen-bond acceptors (Lipinski definition) is 4. The number of hydrogen-bond donors (Lipinski definition) is 0. The number of aromatic nitrogens is 1. The molecule has 6 heteroatoms. The molecule has 2 heterocycles. The smallest absolute Gasteiger partial charge is 0.219 e. The lowest BCUT2D eigenvalue weighted by atomic mass is 9.66. The average molecular weight is 511 g/mol. The zero-order chi connectivity index (χ0) is 25.8. The monoisotopic (exact) mass is 510 g/mol. The minimum absolute atomic E-state index is 0.00405. The Labute approximate surface area is 219 Å². The molecule has 1 aromatic carbocycles. The minimum atomic E-state index is -0.295. The van der Waals surface area contributed by atoms with Gasteiger partial charge in [0.15, 0.2) is 0 Å². The fourth-order valence-electron chi connectivity index (χ4n) is 6.43. The molecule has 2 aliphatic carbocycles. The number of carbonyl (C=O) groups is 2. The van der Waals surface area contributed by atoms with E-state index < -0.39 is 0 Å². The van der Waals surface area contributed by atoms with E-state index in [1.165, 1.54) is 12.0 Å². The number of rotatable bonds is 7. The number of carbonyl (C=O) groups excluding carboxylic acids is 2. The molecule has 1 saturated heterocycles. The van der Waals surface area contributed by atoms with Crippen LogP contribution in [0.3, 0.4) is 0 Å². The first kappa shape index (κ1) is 25.5. The van der Waals surface area contributed by atoms with Crippen LogP contribution in [0.5, 0.6) is 0 Å². The maximum Gasteiger partial charge on any atom is 0.219 e. The standard InChI is InChI=1S/C30H39ClN2O3/c1-17-6-7-21(25(31)10-17)13-26(35)23-15-33(18(2)34)16-24(23)28-27(20-8-9-20)29(36-32-28)22-11-19(12-22)14-30(3,4)5/h6-7,10,19-20,22-24H,8-9,11-16H2,1-5H3/t19?,22?,23-,24-/m0/s1. The highest BCUT2D eigenvalue weighted by molar-refractivity contribution is 6.31. The van der Waals surface area contributed by atoms with Crippen LogP contribution in [0.25, 0.3) is 0 Å². The zero-order valence-electron chi connectivity index (χ0n) is 22.3. The van der Waals surface area contributed by atoms with Crippen LogP contribution in [0.1, 0.15) is 106 Å². The largest absolute Gasteiger partial charge is 0.361 e. The molecular formula is C30H39ClN2O3. The third kappa shape index (κ3) is 5.27. The molecule has 3 aliphatic rings. The van der Waals surface area contributed by atoms with Crippen LogP contribution in [0.4, 0.5) is 0 Å². The van der Waals surface area contributed by atoms with Crippen molar-refractivity contribution in [3.63, 3.8) is 0 Å². The van der Waals surface area contributed by atoms with Gasteiger partial charge in [-0.3, -0.25) is 9.59 Å². The quantitative estimate of drug-likeness (QED) is 0.410. The molecule has 2 atom stereocenters. The molecule has 5 rings (SSSR count). The van der Waals surface area contributed by atoms with Gasteiger partial charge in [0.05, 0.1) is 5.69 Å². The maximum atomic E-state index is 13.6. The summed E-state index contributed by atoms with van der Waals surface area (Å²) in [5.41, 5.74) is 4.45. The number of aryl methyl sites for hydroxylation is 1. The number of Topliss-reactive ketones (excluding diaryl/α,β-unsaturated/α-hetero) is 1. The highest BCUT2D eigenvalue weighted by Gasteiger charge is 2.47. The number of benzene rings is 1. The second kappa shape index (κ2) is 9.63. The van der Waals surface area contributed by atoms with E-state index >= 15 is 0 Å². The summed E-state index contributed by atoms with van der Waals surface area (Å²) in [7, 11) is 0. The molecular weight excluding hydrogens is 472 g/mol. The summed E-state index contributed by atoms with van der Waals surface area (Å²) < 4.78 is 6.08. The van der Waals surface area contributed by atoms with Crippen LogP contribution >= 0.6 is 11.6 Å². The van der Waals surface area contributed by atoms with Crippen LogP contribution in [-0.2, 0) is 16.0 Å². The van der Waals surface area contributed by atoms with Crippen molar-refractivity contribution in [1.82, 2.24) is 10.1 Å². The number of ketones is 1. The molecule has 2 aromatic rings. The van der Waals surface area contributed by atoms with Gasteiger partial charge in [-0.05, 0) is 73.5 Å². The first-order valence-corrected chi connectivity index (χ1v) is 13.9. The van der Waals surface area contributed by atoms with Crippen LogP contribution in [0.15, 0.2) is 22.7 Å². The first-order chi connectivity index (χ1) is 17.0. The van der Waals surface area contributed by atoms with Gasteiger partial charge in [-0.1, -0.05) is 49.7 Å². The third-order valence-corrected chi connectivity index (χ3v) is 8.73. The van der Waals surface area contributed by atoms with Crippen molar-refractivity contribution in [1.29, 1.82) is 0 Å². The van der Waals surface area contributed by atoms with Crippen LogP contribution in [0, 0.1) is 24.2 Å². The molecule has 2 saturated carbocycles. The van der Waals surface area contributed by atoms with Gasteiger partial charge in [0, 0.05) is 54.8 Å². The number of amides is 1. The Bertz CT molecular complexity index is 1150. The van der Waals surface area contributed by atoms with Crippen molar-refractivity contribution < 1.29 is 14.1 Å². The Hall–Kier alpha value is -2.14. The van der Waals surface area contributed by atoms with E-state index in [0.717, 1.165) is 54.2 Å². The second-order valence-electron chi connectivity index (χ2n) is 12.8. The fraction of sp³-hybridized carbons (Fsp3) is 0.633. The normalized spacial score (nSPS) is 26.2. The lowest BCUT2D eigenvalue weighted by molar-refractivity contribution is -0.128. The van der Waals surface area contributed by atoms with Crippen molar-refractivity contribution >= 4 is 23.3 Å². The van der Waals surface area contributed by atoms with Crippen molar-refractivity contribution in [2.45, 2.75) is 90.9 Å². The van der Waals surface area contributed by atoms with Gasteiger partial charge in [-0.15, -0.1) is 0 Å².